The van der Waals surface area contributed by atoms with E-state index >= 15 is 0 Å². The molecule has 0 radical (unpaired) electrons. The number of methoxy groups -OCH3 is 1. The lowest BCUT2D eigenvalue weighted by Gasteiger charge is -2.02. The lowest BCUT2D eigenvalue weighted by atomic mass is 10.1. The molecule has 0 saturated heterocycles. The number of H-pyrrole nitrogens is 1. The Morgan fingerprint density at radius 1 is 0.923 bits per heavy atom. The van der Waals surface area contributed by atoms with Gasteiger partial charge in [0.1, 0.15) is 17.3 Å². The standard InChI is InChI=1S/C20H16N4O2/c1-26-15-9-6-13(7-10-15)23-24-14-8-11-19(25)16(12-14)20-21-17-4-2-3-5-18(17)22-20/h2-12,25H,1H3,(H,21,22). The van der Waals surface area contributed by atoms with Gasteiger partial charge in [0, 0.05) is 0 Å². The van der Waals surface area contributed by atoms with Crippen LogP contribution in [0.2, 0.25) is 0 Å². The van der Waals surface area contributed by atoms with Gasteiger partial charge in [0.15, 0.2) is 0 Å². The highest BCUT2D eigenvalue weighted by Gasteiger charge is 2.10. The average molecular weight is 344 g/mol. The highest BCUT2D eigenvalue weighted by Crippen LogP contribution is 2.33. The Kier molecular flexibility index (Phi) is 4.07. The fraction of sp³-hybridized carbons (Fsp3) is 0.0500. The number of imidazole rings is 1. The monoisotopic (exact) mass is 344 g/mol. The van der Waals surface area contributed by atoms with E-state index in [9.17, 15) is 5.11 Å². The molecule has 2 N–H and O–H groups in total. The minimum Gasteiger partial charge on any atom is -0.507 e. The minimum absolute atomic E-state index is 0.132. The Labute approximate surface area is 149 Å². The van der Waals surface area contributed by atoms with E-state index in [1.165, 1.54) is 0 Å². The summed E-state index contributed by atoms with van der Waals surface area (Å²) >= 11 is 0. The first-order valence-corrected chi connectivity index (χ1v) is 8.07. The van der Waals surface area contributed by atoms with Gasteiger partial charge < -0.3 is 14.8 Å². The van der Waals surface area contributed by atoms with Crippen LogP contribution in [0.15, 0.2) is 77.0 Å². The number of benzene rings is 3. The predicted molar refractivity (Wildman–Crippen MR) is 100 cm³/mol. The number of aromatic amines is 1. The first-order valence-electron chi connectivity index (χ1n) is 8.07. The van der Waals surface area contributed by atoms with Crippen LogP contribution in [0.25, 0.3) is 22.4 Å². The Balaban J connectivity index is 1.66. The summed E-state index contributed by atoms with van der Waals surface area (Å²) in [5, 5.41) is 18.7. The molecular formula is C20H16N4O2. The second-order valence-electron chi connectivity index (χ2n) is 5.70. The molecule has 0 fully saturated rings. The number of ether oxygens (including phenoxy) is 1. The van der Waals surface area contributed by atoms with Crippen molar-refractivity contribution in [2.75, 3.05) is 7.11 Å². The van der Waals surface area contributed by atoms with Crippen LogP contribution in [0.3, 0.4) is 0 Å². The van der Waals surface area contributed by atoms with Crippen molar-refractivity contribution in [3.8, 4) is 22.9 Å². The maximum Gasteiger partial charge on any atom is 0.142 e. The number of para-hydroxylation sites is 2. The fourth-order valence-electron chi connectivity index (χ4n) is 2.62. The summed E-state index contributed by atoms with van der Waals surface area (Å²) in [4.78, 5) is 7.73. The van der Waals surface area contributed by atoms with Gasteiger partial charge in [0.25, 0.3) is 0 Å². The molecule has 26 heavy (non-hydrogen) atoms. The number of nitrogens with zero attached hydrogens (tertiary/aromatic N) is 3. The lowest BCUT2D eigenvalue weighted by Crippen LogP contribution is -1.81. The molecule has 6 nitrogen and oxygen atoms in total. The summed E-state index contributed by atoms with van der Waals surface area (Å²) in [7, 11) is 1.62. The van der Waals surface area contributed by atoms with Crippen molar-refractivity contribution in [3.05, 3.63) is 66.7 Å². The van der Waals surface area contributed by atoms with Crippen molar-refractivity contribution in [2.45, 2.75) is 0 Å². The quantitative estimate of drug-likeness (QED) is 0.489. The molecule has 4 aromatic rings. The van der Waals surface area contributed by atoms with Gasteiger partial charge in [0.2, 0.25) is 0 Å². The van der Waals surface area contributed by atoms with Gasteiger partial charge >= 0.3 is 0 Å². The van der Waals surface area contributed by atoms with Gasteiger partial charge in [-0.2, -0.15) is 10.2 Å². The summed E-state index contributed by atoms with van der Waals surface area (Å²) in [6.07, 6.45) is 0. The Hall–Kier alpha value is -3.67. The van der Waals surface area contributed by atoms with Crippen molar-refractivity contribution < 1.29 is 9.84 Å². The van der Waals surface area contributed by atoms with E-state index in [0.717, 1.165) is 16.8 Å². The van der Waals surface area contributed by atoms with Crippen molar-refractivity contribution >= 4 is 22.4 Å². The second kappa shape index (κ2) is 6.68. The summed E-state index contributed by atoms with van der Waals surface area (Å²) in [5.41, 5.74) is 3.66. The molecule has 0 atom stereocenters. The van der Waals surface area contributed by atoms with Gasteiger partial charge in [-0.15, -0.1) is 0 Å². The van der Waals surface area contributed by atoms with Crippen molar-refractivity contribution in [1.29, 1.82) is 0 Å². The van der Waals surface area contributed by atoms with E-state index in [1.807, 2.05) is 48.5 Å². The van der Waals surface area contributed by atoms with Gasteiger partial charge in [-0.05, 0) is 54.6 Å². The van der Waals surface area contributed by atoms with E-state index in [0.29, 0.717) is 22.8 Å². The largest absolute Gasteiger partial charge is 0.507 e. The number of aromatic nitrogens is 2. The Bertz CT molecular complexity index is 1050. The highest BCUT2D eigenvalue weighted by molar-refractivity contribution is 5.81. The van der Waals surface area contributed by atoms with Gasteiger partial charge in [-0.3, -0.25) is 0 Å². The van der Waals surface area contributed by atoms with E-state index < -0.39 is 0 Å². The van der Waals surface area contributed by atoms with Crippen LogP contribution < -0.4 is 4.74 Å². The number of hydrogen-bond acceptors (Lipinski definition) is 5. The first kappa shape index (κ1) is 15.8. The number of hydrogen-bond donors (Lipinski definition) is 2. The zero-order valence-electron chi connectivity index (χ0n) is 14.0. The van der Waals surface area contributed by atoms with Gasteiger partial charge in [-0.1, -0.05) is 12.1 Å². The number of phenols is 1. The van der Waals surface area contributed by atoms with Gasteiger partial charge in [0.05, 0.1) is 35.1 Å². The molecule has 3 aromatic carbocycles. The lowest BCUT2D eigenvalue weighted by molar-refractivity contribution is 0.415. The van der Waals surface area contributed by atoms with Crippen LogP contribution in [0, 0.1) is 0 Å². The maximum atomic E-state index is 10.2. The summed E-state index contributed by atoms with van der Waals surface area (Å²) < 4.78 is 5.12. The summed E-state index contributed by atoms with van der Waals surface area (Å²) in [5.74, 6) is 1.48. The van der Waals surface area contributed by atoms with Crippen LogP contribution in [0.4, 0.5) is 11.4 Å². The molecule has 0 aliphatic heterocycles. The first-order chi connectivity index (χ1) is 12.7. The van der Waals surface area contributed by atoms with Crippen molar-refractivity contribution in [2.24, 2.45) is 10.2 Å². The molecule has 128 valence electrons. The number of azo groups is 1. The topological polar surface area (TPSA) is 82.9 Å². The van der Waals surface area contributed by atoms with Gasteiger partial charge in [-0.25, -0.2) is 4.98 Å². The normalized spacial score (nSPS) is 11.3. The molecule has 0 aliphatic rings. The molecule has 0 saturated carbocycles. The third kappa shape index (κ3) is 3.12. The zero-order valence-corrected chi connectivity index (χ0v) is 14.0. The van der Waals surface area contributed by atoms with Crippen LogP contribution in [0.5, 0.6) is 11.5 Å². The molecule has 6 heteroatoms. The number of rotatable bonds is 4. The maximum absolute atomic E-state index is 10.2. The number of aromatic hydroxyl groups is 1. The van der Waals surface area contributed by atoms with E-state index in [1.54, 1.807) is 25.3 Å². The summed E-state index contributed by atoms with van der Waals surface area (Å²) in [6, 6.07) is 20.0. The average Bonchev–Trinajstić information content (AvgIpc) is 3.11. The van der Waals surface area contributed by atoms with E-state index in [4.69, 9.17) is 4.74 Å². The smallest absolute Gasteiger partial charge is 0.142 e. The third-order valence-electron chi connectivity index (χ3n) is 3.98. The van der Waals surface area contributed by atoms with Crippen molar-refractivity contribution in [3.63, 3.8) is 0 Å². The van der Waals surface area contributed by atoms with Crippen LogP contribution in [0.1, 0.15) is 0 Å². The van der Waals surface area contributed by atoms with Crippen LogP contribution >= 0.6 is 0 Å². The second-order valence-corrected chi connectivity index (χ2v) is 5.70. The molecular weight excluding hydrogens is 328 g/mol. The molecule has 1 heterocycles. The Morgan fingerprint density at radius 3 is 2.42 bits per heavy atom. The van der Waals surface area contributed by atoms with Crippen LogP contribution in [-0.4, -0.2) is 22.2 Å². The number of phenolic OH excluding ortho intramolecular Hbond substituents is 1. The molecule has 1 aromatic heterocycles. The molecule has 0 aliphatic carbocycles. The highest BCUT2D eigenvalue weighted by atomic mass is 16.5. The van der Waals surface area contributed by atoms with Crippen molar-refractivity contribution in [1.82, 2.24) is 9.97 Å². The number of nitrogens with one attached hydrogen (secondary N) is 1. The van der Waals surface area contributed by atoms with E-state index in [-0.39, 0.29) is 5.75 Å². The van der Waals surface area contributed by atoms with E-state index in [2.05, 4.69) is 20.2 Å². The fourth-order valence-corrected chi connectivity index (χ4v) is 2.62. The molecule has 0 bridgehead atoms. The molecule has 0 spiro atoms. The zero-order chi connectivity index (χ0) is 17.9. The molecule has 0 unspecified atom stereocenters. The predicted octanol–water partition coefficient (Wildman–Crippen LogP) is 5.36. The minimum atomic E-state index is 0.132. The molecule has 0 amide bonds. The SMILES string of the molecule is COc1ccc(N=Nc2ccc(O)c(-c3nc4ccccc4[nH]3)c2)cc1. The Morgan fingerprint density at radius 2 is 1.65 bits per heavy atom. The number of fused-ring (bicyclic) bond motifs is 1. The summed E-state index contributed by atoms with van der Waals surface area (Å²) in [6.45, 7) is 0. The van der Waals surface area contributed by atoms with Crippen LogP contribution in [-0.2, 0) is 0 Å². The molecule has 4 rings (SSSR count). The third-order valence-corrected chi connectivity index (χ3v) is 3.98.